The van der Waals surface area contributed by atoms with E-state index in [4.69, 9.17) is 5.73 Å². The lowest BCUT2D eigenvalue weighted by molar-refractivity contribution is 0.394. The van der Waals surface area contributed by atoms with Gasteiger partial charge < -0.3 is 5.73 Å². The van der Waals surface area contributed by atoms with Crippen LogP contribution in [0.25, 0.3) is 0 Å². The van der Waals surface area contributed by atoms with Gasteiger partial charge in [0, 0.05) is 17.3 Å². The Hall–Kier alpha value is 0.0700. The maximum absolute atomic E-state index is 5.85. The highest BCUT2D eigenvalue weighted by Crippen LogP contribution is 2.34. The third kappa shape index (κ3) is 2.30. The Balaban J connectivity index is 2.02. The summed E-state index contributed by atoms with van der Waals surface area (Å²) in [5.41, 5.74) is 5.85. The van der Waals surface area contributed by atoms with E-state index in [2.05, 4.69) is 26.3 Å². The molecule has 1 aliphatic carbocycles. The van der Waals surface area contributed by atoms with Gasteiger partial charge >= 0.3 is 0 Å². The zero-order valence-corrected chi connectivity index (χ0v) is 9.77. The van der Waals surface area contributed by atoms with Gasteiger partial charge in [-0.25, -0.2) is 4.98 Å². The van der Waals surface area contributed by atoms with E-state index in [-0.39, 0.29) is 0 Å². The summed E-state index contributed by atoms with van der Waals surface area (Å²) >= 11 is 5.14. The van der Waals surface area contributed by atoms with Gasteiger partial charge in [0.2, 0.25) is 0 Å². The Morgan fingerprint density at radius 2 is 2.08 bits per heavy atom. The van der Waals surface area contributed by atoms with E-state index in [0.717, 1.165) is 17.4 Å². The predicted octanol–water partition coefficient (Wildman–Crippen LogP) is 2.89. The fourth-order valence-corrected chi connectivity index (χ4v) is 3.26. The summed E-state index contributed by atoms with van der Waals surface area (Å²) in [4.78, 5) is 4.45. The highest BCUT2D eigenvalue weighted by Gasteiger charge is 2.21. The second kappa shape index (κ2) is 4.07. The van der Waals surface area contributed by atoms with Crippen molar-refractivity contribution in [2.75, 3.05) is 0 Å². The van der Waals surface area contributed by atoms with Crippen LogP contribution in [0, 0.1) is 0 Å². The molecule has 13 heavy (non-hydrogen) atoms. The molecular formula is C9H13BrN2S. The molecular weight excluding hydrogens is 248 g/mol. The minimum Gasteiger partial charge on any atom is -0.328 e. The van der Waals surface area contributed by atoms with Gasteiger partial charge in [-0.2, -0.15) is 0 Å². The van der Waals surface area contributed by atoms with Crippen LogP contribution in [0.2, 0.25) is 0 Å². The predicted molar refractivity (Wildman–Crippen MR) is 59.0 cm³/mol. The van der Waals surface area contributed by atoms with Crippen LogP contribution in [0.4, 0.5) is 0 Å². The van der Waals surface area contributed by atoms with Gasteiger partial charge in [0.1, 0.15) is 4.60 Å². The third-order valence-electron chi connectivity index (χ3n) is 2.61. The van der Waals surface area contributed by atoms with Gasteiger partial charge in [-0.3, -0.25) is 0 Å². The summed E-state index contributed by atoms with van der Waals surface area (Å²) in [5.74, 6) is 0.663. The van der Waals surface area contributed by atoms with Crippen molar-refractivity contribution in [1.29, 1.82) is 0 Å². The molecule has 1 aromatic heterocycles. The van der Waals surface area contributed by atoms with Crippen LogP contribution in [0.15, 0.2) is 9.98 Å². The normalized spacial score (nSPS) is 29.1. The van der Waals surface area contributed by atoms with Gasteiger partial charge in [0.05, 0.1) is 5.01 Å². The summed E-state index contributed by atoms with van der Waals surface area (Å²) in [5, 5.41) is 3.34. The molecule has 72 valence electrons. The lowest BCUT2D eigenvalue weighted by Gasteiger charge is -2.24. The van der Waals surface area contributed by atoms with Crippen molar-refractivity contribution in [3.05, 3.63) is 15.0 Å². The fourth-order valence-electron chi connectivity index (χ4n) is 1.82. The zero-order chi connectivity index (χ0) is 9.26. The molecule has 1 saturated carbocycles. The second-order valence-electron chi connectivity index (χ2n) is 3.62. The van der Waals surface area contributed by atoms with E-state index in [1.807, 2.05) is 0 Å². The third-order valence-corrected chi connectivity index (χ3v) is 4.33. The molecule has 0 bridgehead atoms. The van der Waals surface area contributed by atoms with Crippen molar-refractivity contribution in [3.8, 4) is 0 Å². The largest absolute Gasteiger partial charge is 0.328 e. The van der Waals surface area contributed by atoms with Crippen molar-refractivity contribution < 1.29 is 0 Å². The van der Waals surface area contributed by atoms with E-state index in [9.17, 15) is 0 Å². The first kappa shape index (κ1) is 9.62. The van der Waals surface area contributed by atoms with Crippen LogP contribution in [0.5, 0.6) is 0 Å². The standard InChI is InChI=1S/C9H13BrN2S/c10-8-5-13-9(12-8)6-1-3-7(11)4-2-6/h5-7H,1-4,11H2. The molecule has 1 heterocycles. The van der Waals surface area contributed by atoms with Gasteiger partial charge in [0.15, 0.2) is 0 Å². The molecule has 0 atom stereocenters. The Morgan fingerprint density at radius 3 is 2.62 bits per heavy atom. The molecule has 0 spiro atoms. The van der Waals surface area contributed by atoms with Crippen molar-refractivity contribution in [1.82, 2.24) is 4.98 Å². The first-order valence-electron chi connectivity index (χ1n) is 4.62. The molecule has 1 aromatic rings. The van der Waals surface area contributed by atoms with Crippen LogP contribution in [0.3, 0.4) is 0 Å². The zero-order valence-electron chi connectivity index (χ0n) is 7.37. The minimum absolute atomic E-state index is 0.430. The van der Waals surface area contributed by atoms with Gasteiger partial charge in [0.25, 0.3) is 0 Å². The average molecular weight is 261 g/mol. The van der Waals surface area contributed by atoms with Crippen LogP contribution in [0.1, 0.15) is 36.6 Å². The van der Waals surface area contributed by atoms with Crippen LogP contribution in [-0.4, -0.2) is 11.0 Å². The van der Waals surface area contributed by atoms with E-state index in [0.29, 0.717) is 12.0 Å². The number of thiazole rings is 1. The van der Waals surface area contributed by atoms with E-state index in [1.165, 1.54) is 17.8 Å². The van der Waals surface area contributed by atoms with E-state index >= 15 is 0 Å². The average Bonchev–Trinajstić information content (AvgIpc) is 2.53. The molecule has 1 fully saturated rings. The lowest BCUT2D eigenvalue weighted by atomic mass is 9.87. The summed E-state index contributed by atoms with van der Waals surface area (Å²) in [7, 11) is 0. The summed E-state index contributed by atoms with van der Waals surface area (Å²) in [6, 6.07) is 0.430. The molecule has 0 unspecified atom stereocenters. The molecule has 0 amide bonds. The maximum Gasteiger partial charge on any atom is 0.117 e. The Morgan fingerprint density at radius 1 is 1.38 bits per heavy atom. The molecule has 2 rings (SSSR count). The van der Waals surface area contributed by atoms with Crippen LogP contribution >= 0.6 is 27.3 Å². The Kier molecular flexibility index (Phi) is 3.01. The number of nitrogens with two attached hydrogens (primary N) is 1. The fraction of sp³-hybridized carbons (Fsp3) is 0.667. The lowest BCUT2D eigenvalue weighted by Crippen LogP contribution is -2.25. The molecule has 4 heteroatoms. The maximum atomic E-state index is 5.85. The topological polar surface area (TPSA) is 38.9 Å². The number of halogens is 1. The number of nitrogens with zero attached hydrogens (tertiary/aromatic N) is 1. The molecule has 0 radical (unpaired) electrons. The summed E-state index contributed by atoms with van der Waals surface area (Å²) in [6.07, 6.45) is 4.73. The van der Waals surface area contributed by atoms with E-state index in [1.54, 1.807) is 11.3 Å². The Labute approximate surface area is 90.7 Å². The Bertz CT molecular complexity index is 279. The van der Waals surface area contributed by atoms with Gasteiger partial charge in [-0.1, -0.05) is 0 Å². The van der Waals surface area contributed by atoms with Gasteiger partial charge in [-0.15, -0.1) is 11.3 Å². The first-order chi connectivity index (χ1) is 6.25. The molecule has 0 aliphatic heterocycles. The number of hydrogen-bond donors (Lipinski definition) is 1. The second-order valence-corrected chi connectivity index (χ2v) is 5.32. The number of rotatable bonds is 1. The van der Waals surface area contributed by atoms with Crippen molar-refractivity contribution in [2.24, 2.45) is 5.73 Å². The molecule has 2 N–H and O–H groups in total. The van der Waals surface area contributed by atoms with Crippen molar-refractivity contribution in [3.63, 3.8) is 0 Å². The highest BCUT2D eigenvalue weighted by molar-refractivity contribution is 9.10. The van der Waals surface area contributed by atoms with Crippen LogP contribution < -0.4 is 5.73 Å². The number of hydrogen-bond acceptors (Lipinski definition) is 3. The molecule has 0 saturated heterocycles. The minimum atomic E-state index is 0.430. The first-order valence-corrected chi connectivity index (χ1v) is 6.29. The summed E-state index contributed by atoms with van der Waals surface area (Å²) in [6.45, 7) is 0. The summed E-state index contributed by atoms with van der Waals surface area (Å²) < 4.78 is 0.974. The molecule has 1 aliphatic rings. The van der Waals surface area contributed by atoms with Crippen molar-refractivity contribution in [2.45, 2.75) is 37.6 Å². The quantitative estimate of drug-likeness (QED) is 0.844. The SMILES string of the molecule is NC1CCC(c2nc(Br)cs2)CC1. The smallest absolute Gasteiger partial charge is 0.117 e. The highest BCUT2D eigenvalue weighted by atomic mass is 79.9. The molecule has 0 aromatic carbocycles. The monoisotopic (exact) mass is 260 g/mol. The van der Waals surface area contributed by atoms with E-state index < -0.39 is 0 Å². The van der Waals surface area contributed by atoms with Gasteiger partial charge in [-0.05, 0) is 41.6 Å². The van der Waals surface area contributed by atoms with Crippen molar-refractivity contribution >= 4 is 27.3 Å². The molecule has 2 nitrogen and oxygen atoms in total. The van der Waals surface area contributed by atoms with Crippen LogP contribution in [-0.2, 0) is 0 Å². The number of aromatic nitrogens is 1.